The lowest BCUT2D eigenvalue weighted by molar-refractivity contribution is -0.139. The first kappa shape index (κ1) is 22.4. The molecule has 0 aliphatic carbocycles. The summed E-state index contributed by atoms with van der Waals surface area (Å²) in [5, 5.41) is 16.1. The molecule has 0 saturated carbocycles. The first-order valence-corrected chi connectivity index (χ1v) is 10.00. The second kappa shape index (κ2) is 8.62. The van der Waals surface area contributed by atoms with Gasteiger partial charge in [0, 0.05) is 23.5 Å². The van der Waals surface area contributed by atoms with E-state index in [-0.39, 0.29) is 36.6 Å². The number of hydrogen-bond acceptors (Lipinski definition) is 6. The molecule has 1 amide bonds. The van der Waals surface area contributed by atoms with E-state index in [0.717, 1.165) is 4.57 Å². The fourth-order valence-corrected chi connectivity index (χ4v) is 3.45. The molecule has 4 rings (SSSR count). The van der Waals surface area contributed by atoms with Crippen molar-refractivity contribution in [3.05, 3.63) is 54.2 Å². The van der Waals surface area contributed by atoms with Crippen molar-refractivity contribution < 1.29 is 27.6 Å². The van der Waals surface area contributed by atoms with Gasteiger partial charge in [0.15, 0.2) is 0 Å². The number of nitrogens with zero attached hydrogens (tertiary/aromatic N) is 4. The molecule has 3 heterocycles. The highest BCUT2D eigenvalue weighted by molar-refractivity contribution is 5.95. The second-order valence-electron chi connectivity index (χ2n) is 7.58. The van der Waals surface area contributed by atoms with Crippen molar-refractivity contribution in [2.24, 2.45) is 0 Å². The number of benzene rings is 1. The van der Waals surface area contributed by atoms with E-state index in [1.165, 1.54) is 12.1 Å². The molecule has 0 saturated heterocycles. The molecule has 0 aliphatic heterocycles. The molecular formula is C21H21F3N6O3. The molecular weight excluding hydrogens is 441 g/mol. The van der Waals surface area contributed by atoms with Gasteiger partial charge in [-0.25, -0.2) is 0 Å². The number of aliphatic hydroxyl groups is 1. The Morgan fingerprint density at radius 2 is 2.12 bits per heavy atom. The number of aliphatic hydroxyl groups excluding tert-OH is 1. The summed E-state index contributed by atoms with van der Waals surface area (Å²) in [4.78, 5) is 16.5. The van der Waals surface area contributed by atoms with Crippen LogP contribution < -0.4 is 11.1 Å². The zero-order chi connectivity index (χ0) is 23.8. The Labute approximate surface area is 185 Å². The van der Waals surface area contributed by atoms with Crippen LogP contribution in [0.5, 0.6) is 0 Å². The zero-order valence-electron chi connectivity index (χ0n) is 17.5. The highest BCUT2D eigenvalue weighted by Gasteiger charge is 2.31. The van der Waals surface area contributed by atoms with E-state index in [0.29, 0.717) is 22.2 Å². The van der Waals surface area contributed by atoms with Crippen LogP contribution in [0.15, 0.2) is 47.2 Å². The number of carbonyl (C=O) groups excluding carboxylic acids is 1. The van der Waals surface area contributed by atoms with Crippen LogP contribution in [0.4, 0.5) is 18.9 Å². The molecule has 0 bridgehead atoms. The van der Waals surface area contributed by atoms with Crippen LogP contribution in [0.1, 0.15) is 29.2 Å². The number of nitrogen functional groups attached to an aromatic ring is 1. The van der Waals surface area contributed by atoms with E-state index < -0.39 is 18.6 Å². The normalized spacial score (nSPS) is 12.9. The minimum Gasteiger partial charge on any atom is -0.398 e. The number of anilines is 1. The van der Waals surface area contributed by atoms with Crippen LogP contribution in [0.25, 0.3) is 22.4 Å². The Morgan fingerprint density at radius 3 is 2.85 bits per heavy atom. The van der Waals surface area contributed by atoms with Crippen molar-refractivity contribution in [2.45, 2.75) is 32.2 Å². The number of fused-ring (bicyclic) bond motifs is 1. The van der Waals surface area contributed by atoms with Gasteiger partial charge in [0.25, 0.3) is 5.91 Å². The molecule has 0 spiro atoms. The zero-order valence-corrected chi connectivity index (χ0v) is 17.5. The average Bonchev–Trinajstić information content (AvgIpc) is 3.50. The maximum Gasteiger partial charge on any atom is 0.406 e. The molecule has 1 atom stereocenters. The SMILES string of the molecule is CC(CO)n1ccc(C(=O)NCc2nc(-c3cc4c(N)cccc4n3CC(F)(F)F)no2)c1. The van der Waals surface area contributed by atoms with E-state index in [4.69, 9.17) is 10.3 Å². The van der Waals surface area contributed by atoms with Gasteiger partial charge in [-0.3, -0.25) is 4.79 Å². The largest absolute Gasteiger partial charge is 0.406 e. The fraction of sp³-hybridized carbons (Fsp3) is 0.286. The van der Waals surface area contributed by atoms with Gasteiger partial charge in [-0.05, 0) is 31.2 Å². The van der Waals surface area contributed by atoms with E-state index in [1.54, 1.807) is 42.1 Å². The lowest BCUT2D eigenvalue weighted by Crippen LogP contribution is -2.22. The van der Waals surface area contributed by atoms with E-state index in [1.807, 2.05) is 0 Å². The van der Waals surface area contributed by atoms with Crippen LogP contribution in [-0.4, -0.2) is 43.1 Å². The van der Waals surface area contributed by atoms with Gasteiger partial charge in [0.1, 0.15) is 6.54 Å². The Kier molecular flexibility index (Phi) is 5.85. The summed E-state index contributed by atoms with van der Waals surface area (Å²) in [5.74, 6) is -0.432. The number of halogens is 3. The molecule has 0 radical (unpaired) electrons. The minimum atomic E-state index is -4.48. The molecule has 12 heteroatoms. The van der Waals surface area contributed by atoms with Crippen molar-refractivity contribution in [3.8, 4) is 11.5 Å². The summed E-state index contributed by atoms with van der Waals surface area (Å²) in [6, 6.07) is 7.60. The fourth-order valence-electron chi connectivity index (χ4n) is 3.45. The summed E-state index contributed by atoms with van der Waals surface area (Å²) < 4.78 is 47.5. The quantitative estimate of drug-likeness (QED) is 0.363. The predicted molar refractivity (Wildman–Crippen MR) is 113 cm³/mol. The Bertz CT molecular complexity index is 1290. The smallest absolute Gasteiger partial charge is 0.398 e. The maximum atomic E-state index is 13.2. The molecule has 33 heavy (non-hydrogen) atoms. The van der Waals surface area contributed by atoms with Gasteiger partial charge in [-0.2, -0.15) is 18.2 Å². The molecule has 174 valence electrons. The lowest BCUT2D eigenvalue weighted by atomic mass is 10.2. The number of rotatable bonds is 7. The monoisotopic (exact) mass is 462 g/mol. The lowest BCUT2D eigenvalue weighted by Gasteiger charge is -2.11. The number of nitrogens with one attached hydrogen (secondary N) is 1. The van der Waals surface area contributed by atoms with Crippen molar-refractivity contribution in [3.63, 3.8) is 0 Å². The summed E-state index contributed by atoms with van der Waals surface area (Å²) >= 11 is 0. The number of amides is 1. The average molecular weight is 462 g/mol. The first-order valence-electron chi connectivity index (χ1n) is 10.00. The van der Waals surface area contributed by atoms with Gasteiger partial charge in [-0.1, -0.05) is 11.2 Å². The number of carbonyl (C=O) groups is 1. The molecule has 3 aromatic heterocycles. The van der Waals surface area contributed by atoms with E-state index >= 15 is 0 Å². The maximum absolute atomic E-state index is 13.2. The highest BCUT2D eigenvalue weighted by Crippen LogP contribution is 2.32. The molecule has 0 fully saturated rings. The summed E-state index contributed by atoms with van der Waals surface area (Å²) in [6.45, 7) is 0.359. The summed E-state index contributed by atoms with van der Waals surface area (Å²) in [5.41, 5.74) is 7.02. The molecule has 1 aromatic carbocycles. The van der Waals surface area contributed by atoms with Gasteiger partial charge < -0.3 is 29.8 Å². The molecule has 4 N–H and O–H groups in total. The van der Waals surface area contributed by atoms with Crippen molar-refractivity contribution in [2.75, 3.05) is 12.3 Å². The first-order chi connectivity index (χ1) is 15.7. The predicted octanol–water partition coefficient (Wildman–Crippen LogP) is 3.12. The molecule has 0 aliphatic rings. The summed E-state index contributed by atoms with van der Waals surface area (Å²) in [6.07, 6.45) is -1.21. The van der Waals surface area contributed by atoms with Crippen LogP contribution in [0.2, 0.25) is 0 Å². The van der Waals surface area contributed by atoms with Gasteiger partial charge in [-0.15, -0.1) is 0 Å². The van der Waals surface area contributed by atoms with Gasteiger partial charge >= 0.3 is 6.18 Å². The molecule has 1 unspecified atom stereocenters. The van der Waals surface area contributed by atoms with Gasteiger partial charge in [0.05, 0.1) is 36.0 Å². The number of alkyl halides is 3. The standard InChI is InChI=1S/C21H21F3N6O3/c1-12(10-31)29-6-5-13(9-29)20(32)26-8-18-27-19(28-33-18)17-7-14-15(25)3-2-4-16(14)30(17)11-21(22,23)24/h2-7,9,12,31H,8,10-11,25H2,1H3,(H,26,32). The van der Waals surface area contributed by atoms with Gasteiger partial charge in [0.2, 0.25) is 11.7 Å². The number of nitrogens with two attached hydrogens (primary N) is 1. The van der Waals surface area contributed by atoms with Crippen molar-refractivity contribution in [1.29, 1.82) is 0 Å². The Hall–Kier alpha value is -3.80. The Morgan fingerprint density at radius 1 is 1.33 bits per heavy atom. The number of hydrogen-bond donors (Lipinski definition) is 3. The van der Waals surface area contributed by atoms with Crippen LogP contribution in [-0.2, 0) is 13.1 Å². The molecule has 4 aromatic rings. The van der Waals surface area contributed by atoms with Crippen LogP contribution in [0.3, 0.4) is 0 Å². The van der Waals surface area contributed by atoms with Crippen LogP contribution in [0, 0.1) is 0 Å². The highest BCUT2D eigenvalue weighted by atomic mass is 19.4. The Balaban J connectivity index is 1.55. The summed E-state index contributed by atoms with van der Waals surface area (Å²) in [7, 11) is 0. The minimum absolute atomic E-state index is 0.0262. The third-order valence-electron chi connectivity index (χ3n) is 5.16. The number of aromatic nitrogens is 4. The topological polar surface area (TPSA) is 124 Å². The second-order valence-corrected chi connectivity index (χ2v) is 7.58. The third-order valence-corrected chi connectivity index (χ3v) is 5.16. The van der Waals surface area contributed by atoms with Crippen molar-refractivity contribution in [1.82, 2.24) is 24.6 Å². The van der Waals surface area contributed by atoms with Crippen LogP contribution >= 0.6 is 0 Å². The third kappa shape index (κ3) is 4.70. The van der Waals surface area contributed by atoms with E-state index in [9.17, 15) is 23.1 Å². The van der Waals surface area contributed by atoms with Crippen molar-refractivity contribution >= 4 is 22.5 Å². The van der Waals surface area contributed by atoms with E-state index in [2.05, 4.69) is 15.5 Å². The molecule has 9 nitrogen and oxygen atoms in total.